The summed E-state index contributed by atoms with van der Waals surface area (Å²) in [6.07, 6.45) is 3.75. The second-order valence-corrected chi connectivity index (χ2v) is 7.17. The first kappa shape index (κ1) is 14.9. The van der Waals surface area contributed by atoms with Gasteiger partial charge in [0.2, 0.25) is 0 Å². The molecule has 1 unspecified atom stereocenters. The van der Waals surface area contributed by atoms with Gasteiger partial charge in [-0.2, -0.15) is 11.8 Å². The number of thioether (sulfide) groups is 1. The van der Waals surface area contributed by atoms with E-state index < -0.39 is 0 Å². The van der Waals surface area contributed by atoms with Gasteiger partial charge in [-0.1, -0.05) is 36.8 Å². The van der Waals surface area contributed by atoms with E-state index in [4.69, 9.17) is 9.97 Å². The molecule has 110 valence electrons. The zero-order valence-electron chi connectivity index (χ0n) is 12.0. The van der Waals surface area contributed by atoms with Crippen molar-refractivity contribution in [2.45, 2.75) is 24.5 Å². The van der Waals surface area contributed by atoms with Gasteiger partial charge in [0.25, 0.3) is 0 Å². The van der Waals surface area contributed by atoms with Gasteiger partial charge in [-0.15, -0.1) is 0 Å². The molecule has 2 aromatic rings. The van der Waals surface area contributed by atoms with Crippen LogP contribution in [0.5, 0.6) is 0 Å². The summed E-state index contributed by atoms with van der Waals surface area (Å²) in [5.41, 5.74) is 2.08. The molecule has 3 rings (SSSR count). The highest BCUT2D eigenvalue weighted by atomic mass is 79.9. The molecule has 1 atom stereocenters. The lowest BCUT2D eigenvalue weighted by atomic mass is 10.1. The molecule has 1 aromatic carbocycles. The van der Waals surface area contributed by atoms with Crippen LogP contribution >= 0.6 is 27.7 Å². The van der Waals surface area contributed by atoms with Crippen molar-refractivity contribution in [1.29, 1.82) is 0 Å². The van der Waals surface area contributed by atoms with E-state index in [-0.39, 0.29) is 0 Å². The van der Waals surface area contributed by atoms with Crippen molar-refractivity contribution in [3.05, 3.63) is 40.6 Å². The van der Waals surface area contributed by atoms with Crippen LogP contribution in [0.4, 0.5) is 5.82 Å². The molecule has 2 heterocycles. The fourth-order valence-corrected chi connectivity index (χ4v) is 4.35. The summed E-state index contributed by atoms with van der Waals surface area (Å²) in [5.74, 6) is 3.02. The zero-order chi connectivity index (χ0) is 14.7. The highest BCUT2D eigenvalue weighted by Gasteiger charge is 2.22. The van der Waals surface area contributed by atoms with Crippen molar-refractivity contribution in [2.24, 2.45) is 0 Å². The van der Waals surface area contributed by atoms with Crippen LogP contribution in [0, 0.1) is 0 Å². The SMILES string of the molecule is CNc1nc(C2CCCCS2)nc(-c2ccccc2)c1Br. The first-order chi connectivity index (χ1) is 10.3. The predicted molar refractivity (Wildman–Crippen MR) is 93.8 cm³/mol. The number of hydrogen-bond donors (Lipinski definition) is 1. The molecule has 0 saturated carbocycles. The van der Waals surface area contributed by atoms with Crippen LogP contribution < -0.4 is 5.32 Å². The molecule has 0 aliphatic carbocycles. The monoisotopic (exact) mass is 363 g/mol. The van der Waals surface area contributed by atoms with E-state index in [1.807, 2.05) is 37.0 Å². The number of halogens is 1. The number of anilines is 1. The van der Waals surface area contributed by atoms with E-state index in [9.17, 15) is 0 Å². The van der Waals surface area contributed by atoms with Gasteiger partial charge in [0, 0.05) is 12.6 Å². The fourth-order valence-electron chi connectivity index (χ4n) is 2.51. The van der Waals surface area contributed by atoms with Gasteiger partial charge in [-0.05, 0) is 34.5 Å². The van der Waals surface area contributed by atoms with Crippen molar-refractivity contribution in [2.75, 3.05) is 18.1 Å². The lowest BCUT2D eigenvalue weighted by molar-refractivity contribution is 0.663. The highest BCUT2D eigenvalue weighted by molar-refractivity contribution is 9.10. The maximum absolute atomic E-state index is 4.86. The number of nitrogens with zero attached hydrogens (tertiary/aromatic N) is 2. The van der Waals surface area contributed by atoms with Crippen LogP contribution in [0.2, 0.25) is 0 Å². The van der Waals surface area contributed by atoms with E-state index in [1.165, 1.54) is 25.0 Å². The molecule has 5 heteroatoms. The molecule has 21 heavy (non-hydrogen) atoms. The van der Waals surface area contributed by atoms with Crippen molar-refractivity contribution >= 4 is 33.5 Å². The van der Waals surface area contributed by atoms with Gasteiger partial charge in [0.05, 0.1) is 15.4 Å². The van der Waals surface area contributed by atoms with Crippen LogP contribution in [0.3, 0.4) is 0 Å². The third-order valence-corrected chi connectivity index (χ3v) is 5.74. The third kappa shape index (κ3) is 3.24. The molecule has 1 aromatic heterocycles. The van der Waals surface area contributed by atoms with Crippen LogP contribution in [0.25, 0.3) is 11.3 Å². The summed E-state index contributed by atoms with van der Waals surface area (Å²) in [6, 6.07) is 10.3. The number of aromatic nitrogens is 2. The molecule has 0 radical (unpaired) electrons. The number of rotatable bonds is 3. The van der Waals surface area contributed by atoms with Gasteiger partial charge >= 0.3 is 0 Å². The zero-order valence-corrected chi connectivity index (χ0v) is 14.4. The Morgan fingerprint density at radius 3 is 2.67 bits per heavy atom. The average Bonchev–Trinajstić information content (AvgIpc) is 2.56. The normalized spacial score (nSPS) is 18.5. The van der Waals surface area contributed by atoms with E-state index in [1.54, 1.807) is 0 Å². The Morgan fingerprint density at radius 2 is 2.00 bits per heavy atom. The molecular weight excluding hydrogens is 346 g/mol. The van der Waals surface area contributed by atoms with Crippen LogP contribution in [-0.4, -0.2) is 22.8 Å². The van der Waals surface area contributed by atoms with Gasteiger partial charge < -0.3 is 5.32 Å². The lowest BCUT2D eigenvalue weighted by Crippen LogP contribution is -2.10. The summed E-state index contributed by atoms with van der Waals surface area (Å²) >= 11 is 5.62. The Labute approximate surface area is 138 Å². The van der Waals surface area contributed by atoms with E-state index in [0.717, 1.165) is 27.4 Å². The first-order valence-electron chi connectivity index (χ1n) is 7.22. The molecule has 1 aliphatic heterocycles. The highest BCUT2D eigenvalue weighted by Crippen LogP contribution is 2.39. The van der Waals surface area contributed by atoms with Crippen molar-refractivity contribution < 1.29 is 0 Å². The second kappa shape index (κ2) is 6.79. The quantitative estimate of drug-likeness (QED) is 0.840. The fraction of sp³-hybridized carbons (Fsp3) is 0.375. The molecule has 3 nitrogen and oxygen atoms in total. The van der Waals surface area contributed by atoms with Crippen LogP contribution in [0.1, 0.15) is 30.3 Å². The van der Waals surface area contributed by atoms with Crippen LogP contribution in [-0.2, 0) is 0 Å². The minimum Gasteiger partial charge on any atom is -0.372 e. The lowest BCUT2D eigenvalue weighted by Gasteiger charge is -2.21. The molecule has 1 saturated heterocycles. The molecule has 1 aliphatic rings. The van der Waals surface area contributed by atoms with Crippen molar-refractivity contribution in [3.63, 3.8) is 0 Å². The van der Waals surface area contributed by atoms with Gasteiger partial charge in [-0.25, -0.2) is 9.97 Å². The number of nitrogens with one attached hydrogen (secondary N) is 1. The molecular formula is C16H18BrN3S. The summed E-state index contributed by atoms with van der Waals surface area (Å²) in [5, 5.41) is 3.60. The molecule has 1 N–H and O–H groups in total. The number of benzene rings is 1. The first-order valence-corrected chi connectivity index (χ1v) is 9.06. The molecule has 1 fully saturated rings. The Bertz CT molecular complexity index is 612. The van der Waals surface area contributed by atoms with Crippen molar-refractivity contribution in [3.8, 4) is 11.3 Å². The van der Waals surface area contributed by atoms with Gasteiger partial charge in [0.15, 0.2) is 0 Å². The van der Waals surface area contributed by atoms with E-state index >= 15 is 0 Å². The summed E-state index contributed by atoms with van der Waals surface area (Å²) in [4.78, 5) is 9.57. The largest absolute Gasteiger partial charge is 0.372 e. The minimum atomic E-state index is 0.418. The Hall–Kier alpha value is -1.07. The van der Waals surface area contributed by atoms with Crippen molar-refractivity contribution in [1.82, 2.24) is 9.97 Å². The maximum Gasteiger partial charge on any atom is 0.144 e. The van der Waals surface area contributed by atoms with Gasteiger partial charge in [-0.3, -0.25) is 0 Å². The Kier molecular flexibility index (Phi) is 4.80. The third-order valence-electron chi connectivity index (χ3n) is 3.62. The standard InChI is InChI=1S/C16H18BrN3S/c1-18-16-13(17)14(11-7-3-2-4-8-11)19-15(20-16)12-9-5-6-10-21-12/h2-4,7-8,12H,5-6,9-10H2,1H3,(H,18,19,20). The maximum atomic E-state index is 4.86. The summed E-state index contributed by atoms with van der Waals surface area (Å²) in [6.45, 7) is 0. The minimum absolute atomic E-state index is 0.418. The number of hydrogen-bond acceptors (Lipinski definition) is 4. The Morgan fingerprint density at radius 1 is 1.19 bits per heavy atom. The topological polar surface area (TPSA) is 37.8 Å². The van der Waals surface area contributed by atoms with Crippen LogP contribution in [0.15, 0.2) is 34.8 Å². The average molecular weight is 364 g/mol. The molecule has 0 spiro atoms. The smallest absolute Gasteiger partial charge is 0.144 e. The second-order valence-electron chi connectivity index (χ2n) is 5.06. The van der Waals surface area contributed by atoms with Gasteiger partial charge in [0.1, 0.15) is 11.6 Å². The van der Waals surface area contributed by atoms with E-state index in [2.05, 4.69) is 33.4 Å². The molecule has 0 amide bonds. The summed E-state index contributed by atoms with van der Waals surface area (Å²) < 4.78 is 0.931. The van der Waals surface area contributed by atoms with E-state index in [0.29, 0.717) is 5.25 Å². The predicted octanol–water partition coefficient (Wildman–Crippen LogP) is 4.91. The summed E-state index contributed by atoms with van der Waals surface area (Å²) in [7, 11) is 1.90. The Balaban J connectivity index is 2.06. The molecule has 0 bridgehead atoms.